The lowest BCUT2D eigenvalue weighted by Gasteiger charge is -2.39. The highest BCUT2D eigenvalue weighted by Gasteiger charge is 2.44. The summed E-state index contributed by atoms with van der Waals surface area (Å²) in [6.07, 6.45) is 7.75. The minimum Gasteiger partial charge on any atom is -0.373 e. The van der Waals surface area contributed by atoms with Gasteiger partial charge in [0.2, 0.25) is 0 Å². The van der Waals surface area contributed by atoms with Gasteiger partial charge in [0.1, 0.15) is 5.69 Å². The van der Waals surface area contributed by atoms with E-state index in [1.54, 1.807) is 12.4 Å². The number of rotatable bonds is 3. The zero-order valence-electron chi connectivity index (χ0n) is 13.4. The van der Waals surface area contributed by atoms with Gasteiger partial charge in [-0.1, -0.05) is 0 Å². The molecular formula is C16H24N4O2. The highest BCUT2D eigenvalue weighted by atomic mass is 16.5. The maximum atomic E-state index is 12.6. The summed E-state index contributed by atoms with van der Waals surface area (Å²) in [6.45, 7) is 3.29. The minimum atomic E-state index is -0.156. The summed E-state index contributed by atoms with van der Waals surface area (Å²) < 4.78 is 6.15. The first-order valence-electron chi connectivity index (χ1n) is 7.92. The van der Waals surface area contributed by atoms with Crippen molar-refractivity contribution in [1.82, 2.24) is 19.8 Å². The van der Waals surface area contributed by atoms with Gasteiger partial charge in [0, 0.05) is 25.5 Å². The van der Waals surface area contributed by atoms with Gasteiger partial charge in [0.05, 0.1) is 24.9 Å². The molecule has 1 spiro atoms. The lowest BCUT2D eigenvalue weighted by Crippen LogP contribution is -2.50. The van der Waals surface area contributed by atoms with Crippen LogP contribution in [0.4, 0.5) is 0 Å². The van der Waals surface area contributed by atoms with E-state index >= 15 is 0 Å². The van der Waals surface area contributed by atoms with Crippen LogP contribution < -0.4 is 0 Å². The van der Waals surface area contributed by atoms with Crippen molar-refractivity contribution in [2.45, 2.75) is 24.9 Å². The number of hydrogen-bond donors (Lipinski definition) is 0. The first-order chi connectivity index (χ1) is 10.6. The standard InChI is InChI=1S/C16H24N4O2/c1-19(2)10-13-8-16(22-11-13)4-3-7-20(12-16)15(21)14-9-17-5-6-18-14/h5-6,9,13H,3-4,7-8,10-12H2,1-2H3/t13-,16-/m0/s1. The number of aromatic nitrogens is 2. The van der Waals surface area contributed by atoms with Crippen LogP contribution in [0.15, 0.2) is 18.6 Å². The highest BCUT2D eigenvalue weighted by molar-refractivity contribution is 5.92. The fourth-order valence-corrected chi connectivity index (χ4v) is 3.70. The fourth-order valence-electron chi connectivity index (χ4n) is 3.70. The molecule has 2 atom stereocenters. The van der Waals surface area contributed by atoms with Gasteiger partial charge in [-0.25, -0.2) is 4.98 Å². The van der Waals surface area contributed by atoms with Gasteiger partial charge in [-0.2, -0.15) is 0 Å². The molecule has 1 aromatic heterocycles. The number of amides is 1. The topological polar surface area (TPSA) is 58.6 Å². The van der Waals surface area contributed by atoms with E-state index in [1.165, 1.54) is 6.20 Å². The smallest absolute Gasteiger partial charge is 0.274 e. The molecule has 3 heterocycles. The Morgan fingerprint density at radius 2 is 2.36 bits per heavy atom. The second-order valence-corrected chi connectivity index (χ2v) is 6.75. The lowest BCUT2D eigenvalue weighted by atomic mass is 9.86. The Kier molecular flexibility index (Phi) is 4.40. The van der Waals surface area contributed by atoms with Crippen LogP contribution in [0, 0.1) is 5.92 Å². The Morgan fingerprint density at radius 1 is 1.50 bits per heavy atom. The monoisotopic (exact) mass is 304 g/mol. The van der Waals surface area contributed by atoms with Crippen molar-refractivity contribution < 1.29 is 9.53 Å². The molecule has 0 aromatic carbocycles. The summed E-state index contributed by atoms with van der Waals surface area (Å²) in [6, 6.07) is 0. The molecule has 0 N–H and O–H groups in total. The van der Waals surface area contributed by atoms with Crippen LogP contribution in [0.1, 0.15) is 29.8 Å². The largest absolute Gasteiger partial charge is 0.373 e. The maximum absolute atomic E-state index is 12.6. The predicted molar refractivity (Wildman–Crippen MR) is 82.5 cm³/mol. The molecule has 0 bridgehead atoms. The molecule has 1 amide bonds. The van der Waals surface area contributed by atoms with Crippen LogP contribution in [-0.4, -0.2) is 71.6 Å². The number of hydrogen-bond acceptors (Lipinski definition) is 5. The van der Waals surface area contributed by atoms with Crippen molar-refractivity contribution in [3.05, 3.63) is 24.3 Å². The lowest BCUT2D eigenvalue weighted by molar-refractivity contribution is -0.0451. The first kappa shape index (κ1) is 15.4. The summed E-state index contributed by atoms with van der Waals surface area (Å²) in [5.41, 5.74) is 0.263. The quantitative estimate of drug-likeness (QED) is 0.835. The maximum Gasteiger partial charge on any atom is 0.274 e. The zero-order chi connectivity index (χ0) is 15.6. The molecule has 3 rings (SSSR count). The Hall–Kier alpha value is -1.53. The summed E-state index contributed by atoms with van der Waals surface area (Å²) >= 11 is 0. The normalized spacial score (nSPS) is 28.5. The van der Waals surface area contributed by atoms with Gasteiger partial charge >= 0.3 is 0 Å². The van der Waals surface area contributed by atoms with Gasteiger partial charge in [-0.15, -0.1) is 0 Å². The van der Waals surface area contributed by atoms with Crippen LogP contribution in [0.3, 0.4) is 0 Å². The second kappa shape index (κ2) is 6.30. The van der Waals surface area contributed by atoms with Crippen molar-refractivity contribution in [2.24, 2.45) is 5.92 Å². The predicted octanol–water partition coefficient (Wildman–Crippen LogP) is 1.05. The summed E-state index contributed by atoms with van der Waals surface area (Å²) in [4.78, 5) is 24.8. The third kappa shape index (κ3) is 3.28. The van der Waals surface area contributed by atoms with Crippen molar-refractivity contribution in [2.75, 3.05) is 40.3 Å². The third-order valence-corrected chi connectivity index (χ3v) is 4.52. The fraction of sp³-hybridized carbons (Fsp3) is 0.688. The highest BCUT2D eigenvalue weighted by Crippen LogP contribution is 2.37. The molecule has 2 saturated heterocycles. The van der Waals surface area contributed by atoms with E-state index in [0.717, 1.165) is 39.0 Å². The van der Waals surface area contributed by atoms with Crippen molar-refractivity contribution in [1.29, 1.82) is 0 Å². The average Bonchev–Trinajstić information content (AvgIpc) is 2.88. The number of piperidine rings is 1. The molecule has 6 nitrogen and oxygen atoms in total. The Morgan fingerprint density at radius 3 is 3.09 bits per heavy atom. The van der Waals surface area contributed by atoms with Gasteiger partial charge < -0.3 is 14.5 Å². The van der Waals surface area contributed by atoms with E-state index in [9.17, 15) is 4.79 Å². The van der Waals surface area contributed by atoms with E-state index in [2.05, 4.69) is 29.0 Å². The summed E-state index contributed by atoms with van der Waals surface area (Å²) in [5.74, 6) is 0.522. The zero-order valence-corrected chi connectivity index (χ0v) is 13.4. The molecule has 0 radical (unpaired) electrons. The first-order valence-corrected chi connectivity index (χ1v) is 7.92. The van der Waals surface area contributed by atoms with E-state index in [-0.39, 0.29) is 11.5 Å². The molecule has 22 heavy (non-hydrogen) atoms. The number of nitrogens with zero attached hydrogens (tertiary/aromatic N) is 4. The molecule has 2 aliphatic heterocycles. The molecule has 2 fully saturated rings. The van der Waals surface area contributed by atoms with E-state index < -0.39 is 0 Å². The second-order valence-electron chi connectivity index (χ2n) is 6.75. The van der Waals surface area contributed by atoms with Crippen molar-refractivity contribution in [3.63, 3.8) is 0 Å². The number of carbonyl (C=O) groups excluding carboxylic acids is 1. The third-order valence-electron chi connectivity index (χ3n) is 4.52. The minimum absolute atomic E-state index is 0.0353. The van der Waals surface area contributed by atoms with E-state index in [1.807, 2.05) is 4.90 Å². The summed E-state index contributed by atoms with van der Waals surface area (Å²) in [5, 5.41) is 0. The number of likely N-dealkylation sites (tertiary alicyclic amines) is 1. The Labute approximate surface area is 131 Å². The van der Waals surface area contributed by atoms with Gasteiger partial charge in [-0.05, 0) is 39.3 Å². The molecule has 1 aromatic rings. The van der Waals surface area contributed by atoms with Crippen LogP contribution in [0.5, 0.6) is 0 Å². The van der Waals surface area contributed by atoms with Gasteiger partial charge in [0.25, 0.3) is 5.91 Å². The van der Waals surface area contributed by atoms with Gasteiger partial charge in [0.15, 0.2) is 0 Å². The Balaban J connectivity index is 1.66. The van der Waals surface area contributed by atoms with Crippen LogP contribution in [0.2, 0.25) is 0 Å². The van der Waals surface area contributed by atoms with Crippen LogP contribution >= 0.6 is 0 Å². The molecule has 6 heteroatoms. The van der Waals surface area contributed by atoms with E-state index in [4.69, 9.17) is 4.74 Å². The molecule has 0 aliphatic carbocycles. The SMILES string of the molecule is CN(C)C[C@H]1CO[C@@]2(CCCN(C(=O)c3cnccn3)C2)C1. The molecule has 120 valence electrons. The molecular weight excluding hydrogens is 280 g/mol. The number of ether oxygens (including phenoxy) is 1. The van der Waals surface area contributed by atoms with E-state index in [0.29, 0.717) is 18.2 Å². The Bertz CT molecular complexity index is 522. The molecule has 0 saturated carbocycles. The van der Waals surface area contributed by atoms with Gasteiger partial charge in [-0.3, -0.25) is 9.78 Å². The average molecular weight is 304 g/mol. The van der Waals surface area contributed by atoms with Crippen molar-refractivity contribution >= 4 is 5.91 Å². The summed E-state index contributed by atoms with van der Waals surface area (Å²) in [7, 11) is 4.19. The number of carbonyl (C=O) groups is 1. The molecule has 2 aliphatic rings. The molecule has 0 unspecified atom stereocenters. The van der Waals surface area contributed by atoms with Crippen molar-refractivity contribution in [3.8, 4) is 0 Å². The van der Waals surface area contributed by atoms with Crippen LogP contribution in [-0.2, 0) is 4.74 Å². The van der Waals surface area contributed by atoms with Crippen LogP contribution in [0.25, 0.3) is 0 Å².